The summed E-state index contributed by atoms with van der Waals surface area (Å²) in [4.78, 5) is 13.8. The summed E-state index contributed by atoms with van der Waals surface area (Å²) in [5, 5.41) is 0. The Hall–Kier alpha value is -1.56. The maximum absolute atomic E-state index is 11.8. The van der Waals surface area contributed by atoms with Crippen LogP contribution in [-0.4, -0.2) is 32.7 Å². The molecule has 1 fully saturated rings. The molecular weight excluding hydrogens is 288 g/mol. The lowest BCUT2D eigenvalue weighted by atomic mass is 9.92. The van der Waals surface area contributed by atoms with E-state index in [9.17, 15) is 13.2 Å². The standard InChI is InChI=1S/C15H22N2O3S/c1-3-21(19,20)14-8-6-13(7-9-14)17-10-12(15(16)18)5-4-11(17)2/h6-9,11-12H,3-5,10H2,1-2H3,(H2,16,18)/t11-,12-/m0/s1. The number of nitrogens with two attached hydrogens (primary N) is 1. The van der Waals surface area contributed by atoms with Gasteiger partial charge in [0.2, 0.25) is 5.91 Å². The molecule has 1 aromatic carbocycles. The molecule has 1 amide bonds. The van der Waals surface area contributed by atoms with E-state index in [1.165, 1.54) is 0 Å². The molecule has 0 spiro atoms. The maximum Gasteiger partial charge on any atom is 0.222 e. The molecule has 0 bridgehead atoms. The Kier molecular flexibility index (Phi) is 4.56. The summed E-state index contributed by atoms with van der Waals surface area (Å²) in [6, 6.07) is 7.20. The van der Waals surface area contributed by atoms with Gasteiger partial charge in [0.1, 0.15) is 0 Å². The molecule has 1 aliphatic rings. The first-order chi connectivity index (χ1) is 9.85. The summed E-state index contributed by atoms with van der Waals surface area (Å²) in [5.41, 5.74) is 6.34. The second-order valence-electron chi connectivity index (χ2n) is 5.58. The van der Waals surface area contributed by atoms with Crippen molar-refractivity contribution in [3.05, 3.63) is 24.3 Å². The molecule has 1 aliphatic heterocycles. The fourth-order valence-corrected chi connectivity index (χ4v) is 3.59. The lowest BCUT2D eigenvalue weighted by Crippen LogP contribution is -2.45. The van der Waals surface area contributed by atoms with Crippen molar-refractivity contribution in [2.24, 2.45) is 11.7 Å². The van der Waals surface area contributed by atoms with Gasteiger partial charge in [-0.15, -0.1) is 0 Å². The van der Waals surface area contributed by atoms with E-state index in [4.69, 9.17) is 5.73 Å². The Morgan fingerprint density at radius 3 is 2.43 bits per heavy atom. The third-order valence-corrected chi connectivity index (χ3v) is 5.94. The lowest BCUT2D eigenvalue weighted by molar-refractivity contribution is -0.122. The predicted molar refractivity (Wildman–Crippen MR) is 82.9 cm³/mol. The first-order valence-electron chi connectivity index (χ1n) is 7.24. The SMILES string of the molecule is CCS(=O)(=O)c1ccc(N2C[C@@H](C(N)=O)CC[C@@H]2C)cc1. The predicted octanol–water partition coefficient (Wildman–Crippen LogP) is 1.57. The number of anilines is 1. The summed E-state index contributed by atoms with van der Waals surface area (Å²) in [6.07, 6.45) is 1.72. The van der Waals surface area contributed by atoms with Gasteiger partial charge >= 0.3 is 0 Å². The quantitative estimate of drug-likeness (QED) is 0.915. The third-order valence-electron chi connectivity index (χ3n) is 4.19. The second-order valence-corrected chi connectivity index (χ2v) is 7.85. The Balaban J connectivity index is 2.23. The number of piperidine rings is 1. The van der Waals surface area contributed by atoms with Crippen LogP contribution in [0.2, 0.25) is 0 Å². The lowest BCUT2D eigenvalue weighted by Gasteiger charge is -2.38. The average Bonchev–Trinajstić information content (AvgIpc) is 2.47. The second kappa shape index (κ2) is 6.05. The fraction of sp³-hybridized carbons (Fsp3) is 0.533. The van der Waals surface area contributed by atoms with Crippen LogP contribution in [0.1, 0.15) is 26.7 Å². The van der Waals surface area contributed by atoms with E-state index in [1.54, 1.807) is 19.1 Å². The molecule has 0 radical (unpaired) electrons. The van der Waals surface area contributed by atoms with Crippen molar-refractivity contribution in [3.8, 4) is 0 Å². The molecule has 1 aromatic rings. The number of hydrogen-bond donors (Lipinski definition) is 1. The molecule has 0 saturated carbocycles. The average molecular weight is 310 g/mol. The molecule has 2 N–H and O–H groups in total. The van der Waals surface area contributed by atoms with E-state index in [2.05, 4.69) is 11.8 Å². The summed E-state index contributed by atoms with van der Waals surface area (Å²) < 4.78 is 23.6. The number of carbonyl (C=O) groups is 1. The van der Waals surface area contributed by atoms with Gasteiger partial charge in [0.25, 0.3) is 0 Å². The molecule has 0 unspecified atom stereocenters. The minimum Gasteiger partial charge on any atom is -0.369 e. The maximum atomic E-state index is 11.8. The van der Waals surface area contributed by atoms with Crippen LogP contribution in [0.15, 0.2) is 29.2 Å². The summed E-state index contributed by atoms with van der Waals surface area (Å²) in [6.45, 7) is 4.33. The van der Waals surface area contributed by atoms with Crippen molar-refractivity contribution in [2.75, 3.05) is 17.2 Å². The van der Waals surface area contributed by atoms with E-state index in [0.29, 0.717) is 17.5 Å². The van der Waals surface area contributed by atoms with E-state index in [0.717, 1.165) is 18.5 Å². The zero-order valence-electron chi connectivity index (χ0n) is 12.5. The first-order valence-corrected chi connectivity index (χ1v) is 8.89. The largest absolute Gasteiger partial charge is 0.369 e. The van der Waals surface area contributed by atoms with Gasteiger partial charge in [-0.2, -0.15) is 0 Å². The van der Waals surface area contributed by atoms with E-state index in [1.807, 2.05) is 12.1 Å². The van der Waals surface area contributed by atoms with Gasteiger partial charge in [-0.3, -0.25) is 4.79 Å². The van der Waals surface area contributed by atoms with E-state index in [-0.39, 0.29) is 17.6 Å². The minimum atomic E-state index is -3.18. The van der Waals surface area contributed by atoms with Gasteiger partial charge in [-0.25, -0.2) is 8.42 Å². The van der Waals surface area contributed by atoms with Crippen molar-refractivity contribution < 1.29 is 13.2 Å². The zero-order chi connectivity index (χ0) is 15.6. The van der Waals surface area contributed by atoms with Crippen molar-refractivity contribution >= 4 is 21.4 Å². The highest BCUT2D eigenvalue weighted by Gasteiger charge is 2.28. The summed E-state index contributed by atoms with van der Waals surface area (Å²) >= 11 is 0. The number of primary amides is 1. The van der Waals surface area contributed by atoms with Gasteiger partial charge in [0, 0.05) is 18.3 Å². The van der Waals surface area contributed by atoms with E-state index >= 15 is 0 Å². The van der Waals surface area contributed by atoms with Gasteiger partial charge in [0.05, 0.1) is 16.6 Å². The number of nitrogens with zero attached hydrogens (tertiary/aromatic N) is 1. The molecule has 6 heteroatoms. The number of benzene rings is 1. The Bertz CT molecular complexity index is 610. The smallest absolute Gasteiger partial charge is 0.222 e. The Morgan fingerprint density at radius 2 is 1.90 bits per heavy atom. The van der Waals surface area contributed by atoms with Crippen LogP contribution < -0.4 is 10.6 Å². The molecule has 0 aliphatic carbocycles. The van der Waals surface area contributed by atoms with Crippen LogP contribution in [0.3, 0.4) is 0 Å². The van der Waals surface area contributed by atoms with Crippen LogP contribution in [0.4, 0.5) is 5.69 Å². The summed E-state index contributed by atoms with van der Waals surface area (Å²) in [7, 11) is -3.18. The summed E-state index contributed by atoms with van der Waals surface area (Å²) in [5.74, 6) is -0.312. The molecule has 1 heterocycles. The normalized spacial score (nSPS) is 23.0. The van der Waals surface area contributed by atoms with Gasteiger partial charge < -0.3 is 10.6 Å². The molecule has 116 valence electrons. The topological polar surface area (TPSA) is 80.5 Å². The number of carbonyl (C=O) groups excluding carboxylic acids is 1. The van der Waals surface area contributed by atoms with Gasteiger partial charge in [0.15, 0.2) is 9.84 Å². The molecule has 5 nitrogen and oxygen atoms in total. The number of sulfone groups is 1. The molecule has 2 atom stereocenters. The van der Waals surface area contributed by atoms with Gasteiger partial charge in [-0.1, -0.05) is 6.92 Å². The van der Waals surface area contributed by atoms with Crippen molar-refractivity contribution in [3.63, 3.8) is 0 Å². The van der Waals surface area contributed by atoms with Crippen molar-refractivity contribution in [2.45, 2.75) is 37.6 Å². The molecule has 1 saturated heterocycles. The minimum absolute atomic E-state index is 0.0935. The Labute approximate surface area is 126 Å². The highest BCUT2D eigenvalue weighted by Crippen LogP contribution is 2.28. The first kappa shape index (κ1) is 15.8. The van der Waals surface area contributed by atoms with E-state index < -0.39 is 9.84 Å². The van der Waals surface area contributed by atoms with Crippen LogP contribution in [-0.2, 0) is 14.6 Å². The van der Waals surface area contributed by atoms with Crippen LogP contribution in [0.25, 0.3) is 0 Å². The van der Waals surface area contributed by atoms with Crippen molar-refractivity contribution in [1.29, 1.82) is 0 Å². The monoisotopic (exact) mass is 310 g/mol. The van der Waals surface area contributed by atoms with Crippen LogP contribution in [0.5, 0.6) is 0 Å². The molecule has 0 aromatic heterocycles. The Morgan fingerprint density at radius 1 is 1.29 bits per heavy atom. The highest BCUT2D eigenvalue weighted by atomic mass is 32.2. The molecule has 2 rings (SSSR count). The fourth-order valence-electron chi connectivity index (χ4n) is 2.71. The molecular formula is C15H22N2O3S. The molecule has 21 heavy (non-hydrogen) atoms. The zero-order valence-corrected chi connectivity index (χ0v) is 13.3. The van der Waals surface area contributed by atoms with Gasteiger partial charge in [-0.05, 0) is 44.0 Å². The van der Waals surface area contributed by atoms with Crippen LogP contribution in [0, 0.1) is 5.92 Å². The van der Waals surface area contributed by atoms with Crippen LogP contribution >= 0.6 is 0 Å². The number of hydrogen-bond acceptors (Lipinski definition) is 4. The third kappa shape index (κ3) is 3.37. The number of amides is 1. The number of rotatable bonds is 4. The highest BCUT2D eigenvalue weighted by molar-refractivity contribution is 7.91. The van der Waals surface area contributed by atoms with Crippen molar-refractivity contribution in [1.82, 2.24) is 0 Å².